The van der Waals surface area contributed by atoms with Gasteiger partial charge in [-0.15, -0.1) is 0 Å². The third-order valence-corrected chi connectivity index (χ3v) is 1.34. The van der Waals surface area contributed by atoms with Gasteiger partial charge in [0.2, 0.25) is 0 Å². The fourth-order valence-corrected chi connectivity index (χ4v) is 0.752. The molecular weight excluding hydrogens is 160 g/mol. The van der Waals surface area contributed by atoms with E-state index >= 15 is 0 Å². The van der Waals surface area contributed by atoms with Gasteiger partial charge < -0.3 is 5.11 Å². The molecule has 1 aromatic carbocycles. The van der Waals surface area contributed by atoms with Crippen LogP contribution < -0.4 is 0 Å². The number of aliphatic imine (C=N–C) groups is 1. The van der Waals surface area contributed by atoms with Crippen LogP contribution in [0, 0.1) is 10.1 Å². The van der Waals surface area contributed by atoms with E-state index in [0.29, 0.717) is 0 Å². The minimum absolute atomic E-state index is 0.115. The van der Waals surface area contributed by atoms with Crippen LogP contribution in [0.2, 0.25) is 0 Å². The molecule has 0 spiro atoms. The van der Waals surface area contributed by atoms with Crippen LogP contribution in [0.3, 0.4) is 0 Å². The van der Waals surface area contributed by atoms with E-state index in [9.17, 15) is 10.1 Å². The Bertz CT molecular complexity index is 335. The zero-order valence-corrected chi connectivity index (χ0v) is 6.10. The number of benzene rings is 1. The highest BCUT2D eigenvalue weighted by Gasteiger charge is 2.08. The van der Waals surface area contributed by atoms with Crippen molar-refractivity contribution in [3.05, 3.63) is 28.3 Å². The number of nitro groups is 1. The number of nitrogens with zero attached hydrogens (tertiary/aromatic N) is 2. The van der Waals surface area contributed by atoms with Gasteiger partial charge in [-0.05, 0) is 12.8 Å². The van der Waals surface area contributed by atoms with Gasteiger partial charge in [-0.1, -0.05) is 0 Å². The highest BCUT2D eigenvalue weighted by molar-refractivity contribution is 5.59. The second-order valence-electron chi connectivity index (χ2n) is 2.09. The first-order valence-corrected chi connectivity index (χ1v) is 3.09. The first-order chi connectivity index (χ1) is 5.65. The Morgan fingerprint density at radius 3 is 2.75 bits per heavy atom. The highest BCUT2D eigenvalue weighted by atomic mass is 16.6. The van der Waals surface area contributed by atoms with E-state index in [1.54, 1.807) is 0 Å². The molecule has 1 aromatic rings. The highest BCUT2D eigenvalue weighted by Crippen LogP contribution is 2.29. The van der Waals surface area contributed by atoms with Crippen molar-refractivity contribution in [3.8, 4) is 5.75 Å². The summed E-state index contributed by atoms with van der Waals surface area (Å²) < 4.78 is 0. The number of hydrogen-bond acceptors (Lipinski definition) is 4. The topological polar surface area (TPSA) is 75.7 Å². The molecule has 0 unspecified atom stereocenters. The largest absolute Gasteiger partial charge is 0.506 e. The van der Waals surface area contributed by atoms with Crippen molar-refractivity contribution in [2.75, 3.05) is 0 Å². The van der Waals surface area contributed by atoms with Crippen molar-refractivity contribution < 1.29 is 10.0 Å². The SMILES string of the molecule is C=Nc1cc([N+](=O)[O-])ccc1O. The van der Waals surface area contributed by atoms with Gasteiger partial charge in [-0.2, -0.15) is 0 Å². The van der Waals surface area contributed by atoms with Crippen LogP contribution in [0.4, 0.5) is 11.4 Å². The number of nitro benzene ring substituents is 1. The van der Waals surface area contributed by atoms with Gasteiger partial charge in [-0.25, -0.2) is 0 Å². The molecule has 0 aliphatic rings. The molecule has 0 heterocycles. The van der Waals surface area contributed by atoms with E-state index in [2.05, 4.69) is 11.7 Å². The molecule has 0 aliphatic heterocycles. The summed E-state index contributed by atoms with van der Waals surface area (Å²) in [4.78, 5) is 13.1. The molecule has 0 fully saturated rings. The Kier molecular flexibility index (Phi) is 2.05. The van der Waals surface area contributed by atoms with Crippen LogP contribution in [0.1, 0.15) is 0 Å². The summed E-state index contributed by atoms with van der Waals surface area (Å²) in [6.07, 6.45) is 0. The Labute approximate surface area is 68.1 Å². The molecule has 12 heavy (non-hydrogen) atoms. The summed E-state index contributed by atoms with van der Waals surface area (Å²) in [5.74, 6) is -0.115. The summed E-state index contributed by atoms with van der Waals surface area (Å²) in [5, 5.41) is 19.3. The van der Waals surface area contributed by atoms with Gasteiger partial charge >= 0.3 is 0 Å². The monoisotopic (exact) mass is 166 g/mol. The normalized spacial score (nSPS) is 9.33. The Morgan fingerprint density at radius 2 is 2.25 bits per heavy atom. The predicted molar refractivity (Wildman–Crippen MR) is 44.0 cm³/mol. The molecule has 0 atom stereocenters. The van der Waals surface area contributed by atoms with Crippen LogP contribution in [0.5, 0.6) is 5.75 Å². The van der Waals surface area contributed by atoms with Gasteiger partial charge in [0.25, 0.3) is 5.69 Å². The Hall–Kier alpha value is -1.91. The Balaban J connectivity index is 3.22. The van der Waals surface area contributed by atoms with E-state index in [4.69, 9.17) is 5.11 Å². The van der Waals surface area contributed by atoms with Crippen molar-refractivity contribution in [3.63, 3.8) is 0 Å². The lowest BCUT2D eigenvalue weighted by atomic mass is 10.2. The van der Waals surface area contributed by atoms with E-state index in [1.165, 1.54) is 12.1 Å². The van der Waals surface area contributed by atoms with Crippen LogP contribution in [0.25, 0.3) is 0 Å². The molecule has 62 valence electrons. The number of hydrogen-bond donors (Lipinski definition) is 1. The number of non-ortho nitro benzene ring substituents is 1. The smallest absolute Gasteiger partial charge is 0.271 e. The quantitative estimate of drug-likeness (QED) is 0.412. The lowest BCUT2D eigenvalue weighted by Gasteiger charge is -1.96. The maximum atomic E-state index is 10.2. The number of phenolic OH excluding ortho intramolecular Hbond substituents is 1. The van der Waals surface area contributed by atoms with Gasteiger partial charge in [0.15, 0.2) is 0 Å². The van der Waals surface area contributed by atoms with Crippen molar-refractivity contribution in [2.24, 2.45) is 4.99 Å². The second kappa shape index (κ2) is 3.00. The van der Waals surface area contributed by atoms with Crippen molar-refractivity contribution in [1.29, 1.82) is 0 Å². The molecule has 0 radical (unpaired) electrons. The molecule has 0 amide bonds. The summed E-state index contributed by atoms with van der Waals surface area (Å²) >= 11 is 0. The predicted octanol–water partition coefficient (Wildman–Crippen LogP) is 1.63. The van der Waals surface area contributed by atoms with Gasteiger partial charge in [0.05, 0.1) is 4.92 Å². The minimum atomic E-state index is -0.561. The van der Waals surface area contributed by atoms with Gasteiger partial charge in [0.1, 0.15) is 11.4 Å². The van der Waals surface area contributed by atoms with Crippen LogP contribution in [-0.4, -0.2) is 16.7 Å². The lowest BCUT2D eigenvalue weighted by molar-refractivity contribution is -0.384. The first kappa shape index (κ1) is 8.19. The summed E-state index contributed by atoms with van der Waals surface area (Å²) in [5.41, 5.74) is -0.000556. The van der Waals surface area contributed by atoms with Gasteiger partial charge in [0, 0.05) is 12.1 Å². The summed E-state index contributed by atoms with van der Waals surface area (Å²) in [6, 6.07) is 3.56. The molecule has 1 N–H and O–H groups in total. The Morgan fingerprint density at radius 1 is 1.58 bits per heavy atom. The molecular formula is C7H6N2O3. The maximum Gasteiger partial charge on any atom is 0.271 e. The summed E-state index contributed by atoms with van der Waals surface area (Å²) in [6.45, 7) is 3.16. The lowest BCUT2D eigenvalue weighted by Crippen LogP contribution is -1.86. The fraction of sp³-hybridized carbons (Fsp3) is 0. The standard InChI is InChI=1S/C7H6N2O3/c1-8-6-4-5(9(11)12)2-3-7(6)10/h2-4,10H,1H2. The molecule has 5 heteroatoms. The maximum absolute atomic E-state index is 10.2. The molecule has 0 aliphatic carbocycles. The number of phenols is 1. The van der Waals surface area contributed by atoms with Gasteiger partial charge in [-0.3, -0.25) is 15.1 Å². The average Bonchev–Trinajstić information content (AvgIpc) is 2.05. The van der Waals surface area contributed by atoms with Crippen molar-refractivity contribution in [1.82, 2.24) is 0 Å². The molecule has 1 rings (SSSR count). The molecule has 0 aromatic heterocycles. The zero-order valence-electron chi connectivity index (χ0n) is 6.10. The van der Waals surface area contributed by atoms with E-state index < -0.39 is 4.92 Å². The second-order valence-corrected chi connectivity index (χ2v) is 2.09. The van der Waals surface area contributed by atoms with Crippen LogP contribution in [0.15, 0.2) is 23.2 Å². The molecule has 0 saturated carbocycles. The van der Waals surface area contributed by atoms with E-state index in [0.717, 1.165) is 6.07 Å². The minimum Gasteiger partial charge on any atom is -0.506 e. The fourth-order valence-electron chi connectivity index (χ4n) is 0.752. The number of aromatic hydroxyl groups is 1. The van der Waals surface area contributed by atoms with E-state index in [1.807, 2.05) is 0 Å². The van der Waals surface area contributed by atoms with E-state index in [-0.39, 0.29) is 17.1 Å². The zero-order chi connectivity index (χ0) is 9.14. The van der Waals surface area contributed by atoms with Crippen molar-refractivity contribution >= 4 is 18.1 Å². The molecule has 5 nitrogen and oxygen atoms in total. The first-order valence-electron chi connectivity index (χ1n) is 3.09. The summed E-state index contributed by atoms with van der Waals surface area (Å²) in [7, 11) is 0. The number of rotatable bonds is 2. The third kappa shape index (κ3) is 1.39. The molecule has 0 saturated heterocycles. The van der Waals surface area contributed by atoms with Crippen molar-refractivity contribution in [2.45, 2.75) is 0 Å². The average molecular weight is 166 g/mol. The van der Waals surface area contributed by atoms with Crippen LogP contribution >= 0.6 is 0 Å². The van der Waals surface area contributed by atoms with Crippen LogP contribution in [-0.2, 0) is 0 Å². The molecule has 0 bridgehead atoms. The third-order valence-electron chi connectivity index (χ3n) is 1.34.